The van der Waals surface area contributed by atoms with Gasteiger partial charge in [-0.3, -0.25) is 14.4 Å². The number of carbonyl (C=O) groups is 3. The third kappa shape index (κ3) is 9.47. The van der Waals surface area contributed by atoms with Crippen LogP contribution < -0.4 is 34.9 Å². The molecule has 4 N–H and O–H groups in total. The van der Waals surface area contributed by atoms with Gasteiger partial charge in [-0.25, -0.2) is 9.07 Å². The van der Waals surface area contributed by atoms with Gasteiger partial charge in [-0.1, -0.05) is 26.0 Å². The second-order valence-corrected chi connectivity index (χ2v) is 10.5. The first kappa shape index (κ1) is 35.1. The number of hydrogen-bond donors (Lipinski definition) is 4. The van der Waals surface area contributed by atoms with Crippen LogP contribution in [-0.4, -0.2) is 74.1 Å². The molecule has 2 atom stereocenters. The third-order valence-corrected chi connectivity index (χ3v) is 6.61. The smallest absolute Gasteiger partial charge is 1.00 e. The normalized spacial score (nSPS) is 12.4. The van der Waals surface area contributed by atoms with Crippen molar-refractivity contribution in [1.29, 1.82) is 0 Å². The average Bonchev–Trinajstić information content (AvgIpc) is 3.30. The summed E-state index contributed by atoms with van der Waals surface area (Å²) in [5.41, 5.74) is 3.36. The number of carbonyl (C=O) groups excluding carboxylic acids is 2. The molecule has 0 saturated carbocycles. The van der Waals surface area contributed by atoms with Gasteiger partial charge in [0.25, 0.3) is 11.8 Å². The van der Waals surface area contributed by atoms with Crippen molar-refractivity contribution in [2.45, 2.75) is 64.2 Å². The summed E-state index contributed by atoms with van der Waals surface area (Å²) in [7, 11) is 3.34. The number of hydrogen-bond acceptors (Lipinski definition) is 6. The van der Waals surface area contributed by atoms with Crippen LogP contribution in [0.3, 0.4) is 0 Å². The number of rotatable bonds is 13. The minimum Gasteiger partial charge on any atom is -1.00 e. The minimum absolute atomic E-state index is 0. The minimum atomic E-state index is -1.19. The number of benzene rings is 2. The molecule has 0 radical (unpaired) electrons. The van der Waals surface area contributed by atoms with Crippen molar-refractivity contribution >= 4 is 17.8 Å². The van der Waals surface area contributed by atoms with Crippen LogP contribution in [-0.2, 0) is 17.8 Å². The number of aliphatic carboxylic acids is 1. The number of carboxylic acids is 1. The number of carboxylic acid groups (broad SMARTS) is 1. The molecule has 42 heavy (non-hydrogen) atoms. The number of nitrogens with zero attached hydrogens (tertiary/aromatic N) is 3. The molecule has 3 rings (SSSR count). The first-order valence-electron chi connectivity index (χ1n) is 13.4. The maximum absolute atomic E-state index is 13.7. The monoisotopic (exact) mass is 592 g/mol. The van der Waals surface area contributed by atoms with Crippen LogP contribution in [0.15, 0.2) is 48.5 Å². The van der Waals surface area contributed by atoms with Gasteiger partial charge in [-0.05, 0) is 67.1 Å². The Balaban J connectivity index is 0.00000462. The van der Waals surface area contributed by atoms with Gasteiger partial charge < -0.3 is 27.0 Å². The third-order valence-electron chi connectivity index (χ3n) is 6.61. The maximum atomic E-state index is 13.7. The predicted octanol–water partition coefficient (Wildman–Crippen LogP) is 0.402. The van der Waals surface area contributed by atoms with Crippen molar-refractivity contribution in [3.63, 3.8) is 0 Å². The molecule has 0 saturated heterocycles. The standard InChI is InChI=1S/C30H37FN4O6.Na.H/c1-18(2)27-25(14-13-23(36)15-24(37)16-26(38)39)35(22-11-9-21(31)10-12-22)33-28(27)29(40)32-17-19-5-7-20(8-6-19)30(41)34(3)4;;/h5-12,18,23-24,36-37H,13-17H2,1-4H3,(H,32,40)(H,38,39);;/q;+1;-1/t23-,24-;;/m1../s1. The van der Waals surface area contributed by atoms with Crippen molar-refractivity contribution in [3.05, 3.63) is 82.4 Å². The van der Waals surface area contributed by atoms with Crippen LogP contribution in [0.2, 0.25) is 0 Å². The zero-order valence-corrected chi connectivity index (χ0v) is 26.7. The Hall–Kier alpha value is -3.09. The zero-order chi connectivity index (χ0) is 30.3. The van der Waals surface area contributed by atoms with Crippen molar-refractivity contribution in [2.24, 2.45) is 0 Å². The van der Waals surface area contributed by atoms with Crippen LogP contribution in [0.5, 0.6) is 0 Å². The fourth-order valence-electron chi connectivity index (χ4n) is 4.59. The van der Waals surface area contributed by atoms with E-state index in [9.17, 15) is 29.0 Å². The summed E-state index contributed by atoms with van der Waals surface area (Å²) < 4.78 is 15.2. The van der Waals surface area contributed by atoms with Crippen molar-refractivity contribution in [2.75, 3.05) is 14.1 Å². The summed E-state index contributed by atoms with van der Waals surface area (Å²) >= 11 is 0. The molecule has 0 aliphatic carbocycles. The van der Waals surface area contributed by atoms with Crippen molar-refractivity contribution < 1.29 is 65.1 Å². The van der Waals surface area contributed by atoms with E-state index in [-0.39, 0.29) is 74.3 Å². The zero-order valence-electron chi connectivity index (χ0n) is 25.7. The second-order valence-electron chi connectivity index (χ2n) is 10.5. The van der Waals surface area contributed by atoms with Crippen molar-refractivity contribution in [1.82, 2.24) is 20.0 Å². The van der Waals surface area contributed by atoms with E-state index >= 15 is 0 Å². The van der Waals surface area contributed by atoms with E-state index in [0.717, 1.165) is 5.56 Å². The average molecular weight is 593 g/mol. The molecule has 10 nitrogen and oxygen atoms in total. The summed E-state index contributed by atoms with van der Waals surface area (Å²) in [6.45, 7) is 4.03. The van der Waals surface area contributed by atoms with Gasteiger partial charge in [0, 0.05) is 37.5 Å². The molecular formula is C30H38FN4NaO6. The number of aliphatic hydroxyl groups excluding tert-OH is 2. The Morgan fingerprint density at radius 2 is 1.64 bits per heavy atom. The molecule has 0 aliphatic rings. The Morgan fingerprint density at radius 1 is 1.02 bits per heavy atom. The van der Waals surface area contributed by atoms with E-state index in [2.05, 4.69) is 10.4 Å². The van der Waals surface area contributed by atoms with Gasteiger partial charge in [0.05, 0.1) is 24.3 Å². The van der Waals surface area contributed by atoms with Crippen LogP contribution in [0.4, 0.5) is 4.39 Å². The quantitative estimate of drug-likeness (QED) is 0.210. The van der Waals surface area contributed by atoms with Gasteiger partial charge in [0.1, 0.15) is 5.82 Å². The molecule has 1 aromatic heterocycles. The van der Waals surface area contributed by atoms with E-state index in [0.29, 0.717) is 22.5 Å². The Kier molecular flexibility index (Phi) is 13.3. The molecule has 2 aromatic carbocycles. The summed E-state index contributed by atoms with van der Waals surface area (Å²) in [6.07, 6.45) is -2.30. The number of amides is 2. The van der Waals surface area contributed by atoms with Crippen molar-refractivity contribution in [3.8, 4) is 5.69 Å². The number of nitrogens with one attached hydrogen (secondary N) is 1. The first-order chi connectivity index (χ1) is 19.4. The molecule has 222 valence electrons. The molecule has 0 fully saturated rings. The van der Waals surface area contributed by atoms with Crippen LogP contribution in [0.25, 0.3) is 5.69 Å². The number of aromatic nitrogens is 2. The Morgan fingerprint density at radius 3 is 2.19 bits per heavy atom. The molecule has 2 amide bonds. The Bertz CT molecular complexity index is 1370. The number of aliphatic hydroxyl groups is 2. The second kappa shape index (κ2) is 15.9. The number of halogens is 1. The van der Waals surface area contributed by atoms with E-state index in [4.69, 9.17) is 5.11 Å². The van der Waals surface area contributed by atoms with Gasteiger partial charge in [-0.2, -0.15) is 5.10 Å². The summed E-state index contributed by atoms with van der Waals surface area (Å²) in [5.74, 6) is -2.25. The van der Waals surface area contributed by atoms with Crippen LogP contribution in [0.1, 0.15) is 78.1 Å². The largest absolute Gasteiger partial charge is 1.00 e. The van der Waals surface area contributed by atoms with Gasteiger partial charge in [0.15, 0.2) is 5.69 Å². The molecule has 12 heteroatoms. The molecule has 0 unspecified atom stereocenters. The van der Waals surface area contributed by atoms with Gasteiger partial charge >= 0.3 is 35.5 Å². The molecule has 0 aliphatic heterocycles. The van der Waals surface area contributed by atoms with Gasteiger partial charge in [-0.15, -0.1) is 0 Å². The molecular weight excluding hydrogens is 554 g/mol. The first-order valence-corrected chi connectivity index (χ1v) is 13.4. The SMILES string of the molecule is CC(C)c1c(C(=O)NCc2ccc(C(=O)N(C)C)cc2)nn(-c2ccc(F)cc2)c1CC[C@@H](O)C[C@@H](O)CC(=O)O.[H-].[Na+]. The molecule has 3 aromatic rings. The summed E-state index contributed by atoms with van der Waals surface area (Å²) in [6, 6.07) is 12.6. The van der Waals surface area contributed by atoms with E-state index in [1.54, 1.807) is 55.2 Å². The maximum Gasteiger partial charge on any atom is 1.00 e. The Labute approximate surface area is 268 Å². The van der Waals surface area contributed by atoms with Crippen LogP contribution in [0, 0.1) is 5.82 Å². The van der Waals surface area contributed by atoms with E-state index in [1.165, 1.54) is 17.0 Å². The molecule has 0 bridgehead atoms. The fraction of sp³-hybridized carbons (Fsp3) is 0.400. The van der Waals surface area contributed by atoms with E-state index < -0.39 is 36.3 Å². The molecule has 0 spiro atoms. The fourth-order valence-corrected chi connectivity index (χ4v) is 4.59. The summed E-state index contributed by atoms with van der Waals surface area (Å²) in [5, 5.41) is 36.8. The topological polar surface area (TPSA) is 145 Å². The van der Waals surface area contributed by atoms with E-state index in [1.807, 2.05) is 13.8 Å². The molecule has 1 heterocycles. The van der Waals surface area contributed by atoms with Gasteiger partial charge in [0.2, 0.25) is 0 Å². The van der Waals surface area contributed by atoms with Crippen LogP contribution >= 0.6 is 0 Å². The predicted molar refractivity (Wildman–Crippen MR) is 152 cm³/mol. The summed E-state index contributed by atoms with van der Waals surface area (Å²) in [4.78, 5) is 37.9.